The van der Waals surface area contributed by atoms with E-state index in [0.717, 1.165) is 12.8 Å². The van der Waals surface area contributed by atoms with Crippen molar-refractivity contribution in [3.8, 4) is 0 Å². The van der Waals surface area contributed by atoms with Crippen molar-refractivity contribution in [1.29, 1.82) is 0 Å². The Bertz CT molecular complexity index is 520. The third-order valence-electron chi connectivity index (χ3n) is 2.70. The van der Waals surface area contributed by atoms with Crippen molar-refractivity contribution in [3.63, 3.8) is 0 Å². The molecule has 108 valence electrons. The third kappa shape index (κ3) is 4.07. The second kappa shape index (κ2) is 7.09. The van der Waals surface area contributed by atoms with Gasteiger partial charge in [-0.2, -0.15) is 4.31 Å². The van der Waals surface area contributed by atoms with Crippen molar-refractivity contribution in [3.05, 3.63) is 23.2 Å². The summed E-state index contributed by atoms with van der Waals surface area (Å²) < 4.78 is 26.2. The number of nitrogens with zero attached hydrogens (tertiary/aromatic N) is 1. The van der Waals surface area contributed by atoms with Gasteiger partial charge in [-0.3, -0.25) is 0 Å². The van der Waals surface area contributed by atoms with Gasteiger partial charge in [0.25, 0.3) is 0 Å². The molecule has 0 fully saturated rings. The second-order valence-electron chi connectivity index (χ2n) is 4.16. The minimum Gasteiger partial charge on any atom is -0.398 e. The summed E-state index contributed by atoms with van der Waals surface area (Å²) in [4.78, 5) is -0.00967. The van der Waals surface area contributed by atoms with E-state index in [9.17, 15) is 8.42 Å². The Morgan fingerprint density at radius 1 is 1.37 bits per heavy atom. The Morgan fingerprint density at radius 2 is 2.05 bits per heavy atom. The summed E-state index contributed by atoms with van der Waals surface area (Å²) in [6, 6.07) is 4.34. The van der Waals surface area contributed by atoms with Gasteiger partial charge < -0.3 is 10.8 Å². The molecule has 0 bridgehead atoms. The first-order valence-corrected chi connectivity index (χ1v) is 7.91. The fraction of sp³-hybridized carbons (Fsp3) is 0.500. The number of hydrogen-bond donors (Lipinski definition) is 2. The van der Waals surface area contributed by atoms with Crippen LogP contribution in [0.5, 0.6) is 0 Å². The highest BCUT2D eigenvalue weighted by atomic mass is 35.5. The van der Waals surface area contributed by atoms with Crippen LogP contribution in [0.3, 0.4) is 0 Å². The Balaban J connectivity index is 3.14. The van der Waals surface area contributed by atoms with E-state index in [-0.39, 0.29) is 23.7 Å². The van der Waals surface area contributed by atoms with E-state index < -0.39 is 10.0 Å². The normalized spacial score (nSPS) is 12.0. The number of aliphatic hydroxyl groups excluding tert-OH is 1. The monoisotopic (exact) mass is 306 g/mol. The lowest BCUT2D eigenvalue weighted by Crippen LogP contribution is -2.34. The van der Waals surface area contributed by atoms with E-state index in [1.165, 1.54) is 16.4 Å². The van der Waals surface area contributed by atoms with Crippen LogP contribution in [0.15, 0.2) is 23.1 Å². The summed E-state index contributed by atoms with van der Waals surface area (Å²) in [5.41, 5.74) is 5.87. The van der Waals surface area contributed by atoms with E-state index in [4.69, 9.17) is 22.4 Å². The van der Waals surface area contributed by atoms with E-state index in [0.29, 0.717) is 11.6 Å². The Hall–Kier alpha value is -0.820. The number of nitrogens with two attached hydrogens (primary N) is 1. The van der Waals surface area contributed by atoms with Gasteiger partial charge in [-0.1, -0.05) is 24.9 Å². The van der Waals surface area contributed by atoms with Gasteiger partial charge in [-0.05, 0) is 24.6 Å². The van der Waals surface area contributed by atoms with Crippen LogP contribution in [0.2, 0.25) is 5.02 Å². The lowest BCUT2D eigenvalue weighted by Gasteiger charge is -2.22. The molecule has 0 aliphatic carbocycles. The zero-order valence-electron chi connectivity index (χ0n) is 10.8. The summed E-state index contributed by atoms with van der Waals surface area (Å²) in [5.74, 6) is 0. The molecule has 0 heterocycles. The number of benzene rings is 1. The van der Waals surface area contributed by atoms with E-state index in [1.807, 2.05) is 6.92 Å². The standard InChI is InChI=1S/C12H19ClN2O3S/c1-2-3-6-15(7-8-16)19(17,18)12-9-10(13)4-5-11(12)14/h4-5,9,16H,2-3,6-8,14H2,1H3. The maximum Gasteiger partial charge on any atom is 0.245 e. The molecule has 0 aromatic heterocycles. The molecule has 0 spiro atoms. The molecular formula is C12H19ClN2O3S. The summed E-state index contributed by atoms with van der Waals surface area (Å²) in [6.07, 6.45) is 1.59. The molecule has 7 heteroatoms. The molecule has 0 saturated heterocycles. The number of rotatable bonds is 7. The average Bonchev–Trinajstić information content (AvgIpc) is 2.37. The van der Waals surface area contributed by atoms with Crippen molar-refractivity contribution in [2.45, 2.75) is 24.7 Å². The van der Waals surface area contributed by atoms with Crippen LogP contribution in [0.4, 0.5) is 5.69 Å². The van der Waals surface area contributed by atoms with E-state index >= 15 is 0 Å². The average molecular weight is 307 g/mol. The van der Waals surface area contributed by atoms with Crippen LogP contribution in [-0.2, 0) is 10.0 Å². The SMILES string of the molecule is CCCCN(CCO)S(=O)(=O)c1cc(Cl)ccc1N. The third-order valence-corrected chi connectivity index (χ3v) is 4.89. The maximum absolute atomic E-state index is 12.5. The molecule has 5 nitrogen and oxygen atoms in total. The Labute approximate surface area is 119 Å². The molecule has 1 aromatic carbocycles. The molecule has 19 heavy (non-hydrogen) atoms. The molecule has 0 radical (unpaired) electrons. The van der Waals surface area contributed by atoms with E-state index in [1.54, 1.807) is 6.07 Å². The van der Waals surface area contributed by atoms with Gasteiger partial charge in [0, 0.05) is 18.1 Å². The van der Waals surface area contributed by atoms with Crippen molar-refractivity contribution < 1.29 is 13.5 Å². The molecule has 0 amide bonds. The second-order valence-corrected chi connectivity index (χ2v) is 6.51. The van der Waals surface area contributed by atoms with Gasteiger partial charge in [-0.25, -0.2) is 8.42 Å². The van der Waals surface area contributed by atoms with Gasteiger partial charge in [-0.15, -0.1) is 0 Å². The highest BCUT2D eigenvalue weighted by molar-refractivity contribution is 7.89. The predicted octanol–water partition coefficient (Wildman–Crippen LogP) is 1.71. The van der Waals surface area contributed by atoms with Gasteiger partial charge >= 0.3 is 0 Å². The first-order chi connectivity index (χ1) is 8.93. The minimum absolute atomic E-state index is 0.00967. The number of anilines is 1. The van der Waals surface area contributed by atoms with Crippen molar-refractivity contribution in [2.24, 2.45) is 0 Å². The summed E-state index contributed by atoms with van der Waals surface area (Å²) in [7, 11) is -3.72. The van der Waals surface area contributed by atoms with Crippen LogP contribution < -0.4 is 5.73 Å². The largest absolute Gasteiger partial charge is 0.398 e. The molecule has 1 rings (SSSR count). The van der Waals surface area contributed by atoms with Gasteiger partial charge in [0.1, 0.15) is 4.90 Å². The lowest BCUT2D eigenvalue weighted by atomic mass is 10.3. The number of halogens is 1. The number of aliphatic hydroxyl groups is 1. The highest BCUT2D eigenvalue weighted by Gasteiger charge is 2.25. The Kier molecular flexibility index (Phi) is 6.06. The van der Waals surface area contributed by atoms with E-state index in [2.05, 4.69) is 0 Å². The number of unbranched alkanes of at least 4 members (excludes halogenated alkanes) is 1. The Morgan fingerprint density at radius 3 is 2.63 bits per heavy atom. The van der Waals surface area contributed by atoms with Crippen molar-refractivity contribution in [1.82, 2.24) is 4.31 Å². The number of sulfonamides is 1. The quantitative estimate of drug-likeness (QED) is 0.751. The molecule has 0 aliphatic rings. The van der Waals surface area contributed by atoms with Gasteiger partial charge in [0.05, 0.1) is 12.3 Å². The molecule has 0 atom stereocenters. The predicted molar refractivity (Wildman–Crippen MR) is 76.6 cm³/mol. The van der Waals surface area contributed by atoms with Gasteiger partial charge in [0.15, 0.2) is 0 Å². The zero-order chi connectivity index (χ0) is 14.5. The molecular weight excluding hydrogens is 288 g/mol. The van der Waals surface area contributed by atoms with Crippen LogP contribution in [-0.4, -0.2) is 37.5 Å². The topological polar surface area (TPSA) is 83.6 Å². The zero-order valence-corrected chi connectivity index (χ0v) is 12.4. The minimum atomic E-state index is -3.72. The number of nitrogen functional groups attached to an aromatic ring is 1. The first kappa shape index (κ1) is 16.2. The van der Waals surface area contributed by atoms with Crippen LogP contribution in [0, 0.1) is 0 Å². The van der Waals surface area contributed by atoms with Crippen LogP contribution in [0.1, 0.15) is 19.8 Å². The molecule has 0 saturated carbocycles. The summed E-state index contributed by atoms with van der Waals surface area (Å²) in [5, 5.41) is 9.32. The lowest BCUT2D eigenvalue weighted by molar-refractivity contribution is 0.252. The fourth-order valence-electron chi connectivity index (χ4n) is 1.67. The maximum atomic E-state index is 12.5. The van der Waals surface area contributed by atoms with Crippen molar-refractivity contribution >= 4 is 27.3 Å². The highest BCUT2D eigenvalue weighted by Crippen LogP contribution is 2.25. The fourth-order valence-corrected chi connectivity index (χ4v) is 3.52. The smallest absolute Gasteiger partial charge is 0.245 e. The summed E-state index contributed by atoms with van der Waals surface area (Å²) in [6.45, 7) is 2.14. The molecule has 3 N–H and O–H groups in total. The molecule has 0 unspecified atom stereocenters. The number of hydrogen-bond acceptors (Lipinski definition) is 4. The molecule has 0 aliphatic heterocycles. The van der Waals surface area contributed by atoms with Crippen LogP contribution >= 0.6 is 11.6 Å². The first-order valence-electron chi connectivity index (χ1n) is 6.09. The van der Waals surface area contributed by atoms with Crippen LogP contribution in [0.25, 0.3) is 0 Å². The van der Waals surface area contributed by atoms with Crippen molar-refractivity contribution in [2.75, 3.05) is 25.4 Å². The summed E-state index contributed by atoms with van der Waals surface area (Å²) >= 11 is 5.82. The molecule has 1 aromatic rings. The van der Waals surface area contributed by atoms with Gasteiger partial charge in [0.2, 0.25) is 10.0 Å².